The summed E-state index contributed by atoms with van der Waals surface area (Å²) in [6, 6.07) is 6.24. The summed E-state index contributed by atoms with van der Waals surface area (Å²) in [7, 11) is 1.70. The predicted molar refractivity (Wildman–Crippen MR) is 75.5 cm³/mol. The second-order valence-corrected chi connectivity index (χ2v) is 4.89. The van der Waals surface area contributed by atoms with Crippen LogP contribution in [0.25, 0.3) is 0 Å². The lowest BCUT2D eigenvalue weighted by atomic mass is 9.92. The maximum Gasteiger partial charge on any atom is 0.119 e. The van der Waals surface area contributed by atoms with Crippen molar-refractivity contribution >= 4 is 0 Å². The molecule has 0 N–H and O–H groups in total. The van der Waals surface area contributed by atoms with Crippen LogP contribution < -0.4 is 4.74 Å². The number of benzene rings is 1. The van der Waals surface area contributed by atoms with Crippen LogP contribution in [0.5, 0.6) is 5.75 Å². The zero-order valence-electron chi connectivity index (χ0n) is 12.1. The van der Waals surface area contributed by atoms with E-state index in [1.807, 2.05) is 16.9 Å². The van der Waals surface area contributed by atoms with Gasteiger partial charge >= 0.3 is 0 Å². The van der Waals surface area contributed by atoms with Crippen LogP contribution in [-0.4, -0.2) is 22.1 Å². The van der Waals surface area contributed by atoms with Crippen molar-refractivity contribution in [2.24, 2.45) is 0 Å². The van der Waals surface area contributed by atoms with Crippen molar-refractivity contribution in [2.45, 2.75) is 39.7 Å². The third kappa shape index (κ3) is 3.13. The highest BCUT2D eigenvalue weighted by Crippen LogP contribution is 2.26. The van der Waals surface area contributed by atoms with Gasteiger partial charge in [0.2, 0.25) is 0 Å². The zero-order valence-corrected chi connectivity index (χ0v) is 12.1. The molecular weight excluding hydrogens is 238 g/mol. The van der Waals surface area contributed by atoms with Crippen LogP contribution in [0.2, 0.25) is 0 Å². The lowest BCUT2D eigenvalue weighted by molar-refractivity contribution is 0.414. The van der Waals surface area contributed by atoms with Crippen LogP contribution in [-0.2, 0) is 13.0 Å². The molecule has 1 unspecified atom stereocenters. The predicted octanol–water partition coefficient (Wildman–Crippen LogP) is 2.96. The van der Waals surface area contributed by atoms with Gasteiger partial charge in [-0.1, -0.05) is 18.2 Å². The van der Waals surface area contributed by atoms with E-state index in [-0.39, 0.29) is 0 Å². The number of aromatic nitrogens is 3. The molecule has 0 aliphatic heterocycles. The molecule has 0 aliphatic rings. The van der Waals surface area contributed by atoms with Gasteiger partial charge in [-0.2, -0.15) is 0 Å². The molecule has 4 heteroatoms. The number of rotatable bonds is 5. The summed E-state index contributed by atoms with van der Waals surface area (Å²) in [5.41, 5.74) is 3.64. The SMILES string of the molecule is CCn1cc(CC(C)c2ccc(OC)cc2C)nn1. The average Bonchev–Trinajstić information content (AvgIpc) is 2.86. The van der Waals surface area contributed by atoms with E-state index in [4.69, 9.17) is 4.74 Å². The van der Waals surface area contributed by atoms with Crippen LogP contribution in [0.15, 0.2) is 24.4 Å². The van der Waals surface area contributed by atoms with Crippen molar-refractivity contribution in [1.82, 2.24) is 15.0 Å². The monoisotopic (exact) mass is 259 g/mol. The topological polar surface area (TPSA) is 39.9 Å². The molecular formula is C15H21N3O. The molecule has 0 saturated heterocycles. The van der Waals surface area contributed by atoms with Gasteiger partial charge in [0, 0.05) is 12.7 Å². The highest BCUT2D eigenvalue weighted by atomic mass is 16.5. The van der Waals surface area contributed by atoms with Gasteiger partial charge in [0.25, 0.3) is 0 Å². The maximum absolute atomic E-state index is 5.24. The molecule has 19 heavy (non-hydrogen) atoms. The molecule has 2 rings (SSSR count). The molecule has 2 aromatic rings. The molecule has 0 spiro atoms. The Labute approximate surface area is 114 Å². The van der Waals surface area contributed by atoms with Crippen molar-refractivity contribution < 1.29 is 4.74 Å². The van der Waals surface area contributed by atoms with E-state index in [0.717, 1.165) is 24.4 Å². The molecule has 4 nitrogen and oxygen atoms in total. The van der Waals surface area contributed by atoms with Crippen molar-refractivity contribution in [3.8, 4) is 5.75 Å². The standard InChI is InChI=1S/C15H21N3O/c1-5-18-10-13(16-17-18)8-11(2)15-7-6-14(19-4)9-12(15)3/h6-7,9-11H,5,8H2,1-4H3. The Morgan fingerprint density at radius 3 is 2.74 bits per heavy atom. The first-order valence-electron chi connectivity index (χ1n) is 6.67. The van der Waals surface area contributed by atoms with Crippen molar-refractivity contribution in [3.63, 3.8) is 0 Å². The number of nitrogens with zero attached hydrogens (tertiary/aromatic N) is 3. The minimum absolute atomic E-state index is 0.424. The Bertz CT molecular complexity index is 548. The fourth-order valence-electron chi connectivity index (χ4n) is 2.34. The van der Waals surface area contributed by atoms with Crippen LogP contribution in [0.4, 0.5) is 0 Å². The number of hydrogen-bond donors (Lipinski definition) is 0. The Morgan fingerprint density at radius 2 is 2.16 bits per heavy atom. The number of hydrogen-bond acceptors (Lipinski definition) is 3. The second kappa shape index (κ2) is 5.87. The molecule has 1 aromatic heterocycles. The minimum atomic E-state index is 0.424. The Hall–Kier alpha value is -1.84. The minimum Gasteiger partial charge on any atom is -0.497 e. The van der Waals surface area contributed by atoms with Crippen molar-refractivity contribution in [3.05, 3.63) is 41.2 Å². The first kappa shape index (κ1) is 13.6. The van der Waals surface area contributed by atoms with Gasteiger partial charge in [0.05, 0.1) is 12.8 Å². The van der Waals surface area contributed by atoms with E-state index in [1.165, 1.54) is 11.1 Å². The van der Waals surface area contributed by atoms with Crippen LogP contribution in [0.3, 0.4) is 0 Å². The van der Waals surface area contributed by atoms with Gasteiger partial charge < -0.3 is 4.74 Å². The van der Waals surface area contributed by atoms with Crippen LogP contribution >= 0.6 is 0 Å². The largest absolute Gasteiger partial charge is 0.497 e. The lowest BCUT2D eigenvalue weighted by Gasteiger charge is -2.14. The molecule has 0 radical (unpaired) electrons. The second-order valence-electron chi connectivity index (χ2n) is 4.89. The van der Waals surface area contributed by atoms with Crippen LogP contribution in [0.1, 0.15) is 36.6 Å². The highest BCUT2D eigenvalue weighted by Gasteiger charge is 2.12. The third-order valence-electron chi connectivity index (χ3n) is 3.43. The molecule has 0 amide bonds. The molecule has 102 valence electrons. The summed E-state index contributed by atoms with van der Waals surface area (Å²) in [6.45, 7) is 7.27. The molecule has 0 fully saturated rings. The maximum atomic E-state index is 5.24. The molecule has 0 saturated carbocycles. The fourth-order valence-corrected chi connectivity index (χ4v) is 2.34. The van der Waals surface area contributed by atoms with E-state index in [0.29, 0.717) is 5.92 Å². The lowest BCUT2D eigenvalue weighted by Crippen LogP contribution is -2.01. The molecule has 0 bridgehead atoms. The first-order valence-corrected chi connectivity index (χ1v) is 6.67. The number of aryl methyl sites for hydroxylation is 2. The molecule has 1 heterocycles. The molecule has 1 aromatic carbocycles. The van der Waals surface area contributed by atoms with Crippen molar-refractivity contribution in [1.29, 1.82) is 0 Å². The van der Waals surface area contributed by atoms with E-state index >= 15 is 0 Å². The quantitative estimate of drug-likeness (QED) is 0.828. The van der Waals surface area contributed by atoms with Gasteiger partial charge in [0.15, 0.2) is 0 Å². The molecule has 1 atom stereocenters. The Morgan fingerprint density at radius 1 is 1.37 bits per heavy atom. The van der Waals surface area contributed by atoms with Gasteiger partial charge in [0.1, 0.15) is 5.75 Å². The Kier molecular flexibility index (Phi) is 4.20. The number of methoxy groups -OCH3 is 1. The summed E-state index contributed by atoms with van der Waals surface area (Å²) < 4.78 is 7.10. The van der Waals surface area contributed by atoms with E-state index in [9.17, 15) is 0 Å². The van der Waals surface area contributed by atoms with E-state index < -0.39 is 0 Å². The summed E-state index contributed by atoms with van der Waals surface area (Å²) in [5, 5.41) is 8.28. The number of ether oxygens (including phenoxy) is 1. The van der Waals surface area contributed by atoms with Crippen molar-refractivity contribution in [2.75, 3.05) is 7.11 Å². The van der Waals surface area contributed by atoms with Gasteiger partial charge in [-0.25, -0.2) is 0 Å². The molecule has 0 aliphatic carbocycles. The van der Waals surface area contributed by atoms with E-state index in [1.54, 1.807) is 7.11 Å². The highest BCUT2D eigenvalue weighted by molar-refractivity contribution is 5.37. The van der Waals surface area contributed by atoms with Crippen LogP contribution in [0, 0.1) is 6.92 Å². The summed E-state index contributed by atoms with van der Waals surface area (Å²) >= 11 is 0. The smallest absolute Gasteiger partial charge is 0.119 e. The summed E-state index contributed by atoms with van der Waals surface area (Å²) in [5.74, 6) is 1.33. The van der Waals surface area contributed by atoms with E-state index in [2.05, 4.69) is 43.2 Å². The van der Waals surface area contributed by atoms with Gasteiger partial charge in [-0.05, 0) is 49.4 Å². The summed E-state index contributed by atoms with van der Waals surface area (Å²) in [6.07, 6.45) is 2.93. The van der Waals surface area contributed by atoms with Gasteiger partial charge in [-0.3, -0.25) is 4.68 Å². The Balaban J connectivity index is 2.13. The summed E-state index contributed by atoms with van der Waals surface area (Å²) in [4.78, 5) is 0. The normalized spacial score (nSPS) is 12.4. The first-order chi connectivity index (χ1) is 9.13. The fraction of sp³-hybridized carbons (Fsp3) is 0.467. The average molecular weight is 259 g/mol. The third-order valence-corrected chi connectivity index (χ3v) is 3.43. The zero-order chi connectivity index (χ0) is 13.8. The van der Waals surface area contributed by atoms with Gasteiger partial charge in [-0.15, -0.1) is 5.10 Å².